The highest BCUT2D eigenvalue weighted by molar-refractivity contribution is 6.14. The molecule has 1 aliphatic rings. The van der Waals surface area contributed by atoms with Gasteiger partial charge in [0.05, 0.1) is 27.8 Å². The van der Waals surface area contributed by atoms with Crippen molar-refractivity contribution in [1.82, 2.24) is 14.2 Å². The quantitative estimate of drug-likeness (QED) is 0.250. The molecule has 35 heavy (non-hydrogen) atoms. The van der Waals surface area contributed by atoms with E-state index in [4.69, 9.17) is 5.10 Å². The van der Waals surface area contributed by atoms with E-state index in [2.05, 4.69) is 122 Å². The zero-order valence-corrected chi connectivity index (χ0v) is 19.7. The number of hydrogen-bond acceptors (Lipinski definition) is 1. The van der Waals surface area contributed by atoms with Crippen molar-refractivity contribution < 1.29 is 0 Å². The summed E-state index contributed by atoms with van der Waals surface area (Å²) in [5.74, 6) is 0. The van der Waals surface area contributed by atoms with Crippen LogP contribution in [0.25, 0.3) is 55.0 Å². The van der Waals surface area contributed by atoms with Gasteiger partial charge in [-0.3, -0.25) is 0 Å². The molecule has 0 aliphatic heterocycles. The fourth-order valence-electron chi connectivity index (χ4n) is 6.45. The maximum Gasteiger partial charge on any atom is 0.0980 e. The van der Waals surface area contributed by atoms with E-state index in [1.807, 2.05) is 4.52 Å². The van der Waals surface area contributed by atoms with Gasteiger partial charge in [0.25, 0.3) is 0 Å². The van der Waals surface area contributed by atoms with Crippen LogP contribution in [0.15, 0.2) is 103 Å². The van der Waals surface area contributed by atoms with Gasteiger partial charge in [-0.2, -0.15) is 5.10 Å². The summed E-state index contributed by atoms with van der Waals surface area (Å²) in [4.78, 5) is 0. The molecule has 0 N–H and O–H groups in total. The van der Waals surface area contributed by atoms with Gasteiger partial charge in [-0.15, -0.1) is 0 Å². The van der Waals surface area contributed by atoms with Gasteiger partial charge >= 0.3 is 0 Å². The molecule has 0 radical (unpaired) electrons. The van der Waals surface area contributed by atoms with Crippen LogP contribution in [0.5, 0.6) is 0 Å². The molecule has 3 heterocycles. The Morgan fingerprint density at radius 1 is 0.629 bits per heavy atom. The standard InChI is InChI=1S/C32H23N3/c1-32(2)25-13-6-3-10-20(25)22-17-18-23-21-11-5-8-15-27(21)35(31(23)29(22)32)28-16-9-19-34-30(28)24-12-4-7-14-26(24)33-34/h3-19H,1-2H3. The average Bonchev–Trinajstić information content (AvgIpc) is 3.50. The van der Waals surface area contributed by atoms with E-state index in [1.54, 1.807) is 0 Å². The number of rotatable bonds is 1. The van der Waals surface area contributed by atoms with Crippen molar-refractivity contribution in [3.63, 3.8) is 0 Å². The minimum atomic E-state index is -0.106. The first-order valence-electron chi connectivity index (χ1n) is 12.2. The van der Waals surface area contributed by atoms with E-state index in [1.165, 1.54) is 49.4 Å². The van der Waals surface area contributed by atoms with E-state index in [9.17, 15) is 0 Å². The predicted molar refractivity (Wildman–Crippen MR) is 145 cm³/mol. The zero-order valence-electron chi connectivity index (χ0n) is 19.7. The number of pyridine rings is 1. The van der Waals surface area contributed by atoms with E-state index in [-0.39, 0.29) is 5.41 Å². The topological polar surface area (TPSA) is 22.2 Å². The molecule has 3 aromatic heterocycles. The zero-order chi connectivity index (χ0) is 23.3. The van der Waals surface area contributed by atoms with Gasteiger partial charge in [0.2, 0.25) is 0 Å². The first-order chi connectivity index (χ1) is 17.1. The minimum Gasteiger partial charge on any atom is -0.307 e. The average molecular weight is 450 g/mol. The van der Waals surface area contributed by atoms with Gasteiger partial charge in [0, 0.05) is 27.8 Å². The highest BCUT2D eigenvalue weighted by Gasteiger charge is 2.38. The number of para-hydroxylation sites is 1. The lowest BCUT2D eigenvalue weighted by Crippen LogP contribution is -2.16. The van der Waals surface area contributed by atoms with Gasteiger partial charge in [-0.25, -0.2) is 4.52 Å². The van der Waals surface area contributed by atoms with Crippen molar-refractivity contribution in [3.05, 3.63) is 114 Å². The van der Waals surface area contributed by atoms with Crippen LogP contribution in [0.3, 0.4) is 0 Å². The lowest BCUT2D eigenvalue weighted by atomic mass is 9.81. The Hall–Kier alpha value is -4.37. The van der Waals surface area contributed by atoms with E-state index in [0.717, 1.165) is 16.7 Å². The molecule has 0 spiro atoms. The monoisotopic (exact) mass is 449 g/mol. The molecule has 8 rings (SSSR count). The lowest BCUT2D eigenvalue weighted by Gasteiger charge is -2.23. The summed E-state index contributed by atoms with van der Waals surface area (Å²) in [6, 6.07) is 35.1. The molecule has 0 fully saturated rings. The van der Waals surface area contributed by atoms with Gasteiger partial charge in [0.15, 0.2) is 0 Å². The fourth-order valence-corrected chi connectivity index (χ4v) is 6.45. The minimum absolute atomic E-state index is 0.106. The van der Waals surface area contributed by atoms with Crippen LogP contribution in [0, 0.1) is 0 Å². The van der Waals surface area contributed by atoms with Gasteiger partial charge in [-0.1, -0.05) is 86.6 Å². The summed E-state index contributed by atoms with van der Waals surface area (Å²) in [6.45, 7) is 4.74. The Kier molecular flexibility index (Phi) is 3.47. The van der Waals surface area contributed by atoms with Crippen LogP contribution in [-0.4, -0.2) is 14.2 Å². The largest absolute Gasteiger partial charge is 0.307 e. The molecule has 1 aliphatic carbocycles. The molecule has 7 aromatic rings. The second-order valence-electron chi connectivity index (χ2n) is 10.1. The third-order valence-corrected chi connectivity index (χ3v) is 7.92. The highest BCUT2D eigenvalue weighted by atomic mass is 15.2. The summed E-state index contributed by atoms with van der Waals surface area (Å²) < 4.78 is 4.52. The van der Waals surface area contributed by atoms with Crippen molar-refractivity contribution in [1.29, 1.82) is 0 Å². The third kappa shape index (κ3) is 2.28. The first kappa shape index (κ1) is 19.0. The highest BCUT2D eigenvalue weighted by Crippen LogP contribution is 2.53. The summed E-state index contributed by atoms with van der Waals surface area (Å²) in [5, 5.41) is 8.63. The van der Waals surface area contributed by atoms with Crippen molar-refractivity contribution >= 4 is 38.2 Å². The molecule has 0 saturated heterocycles. The Balaban J connectivity index is 1.62. The molecule has 0 bridgehead atoms. The van der Waals surface area contributed by atoms with Crippen LogP contribution in [0.1, 0.15) is 25.0 Å². The van der Waals surface area contributed by atoms with E-state index in [0.29, 0.717) is 0 Å². The van der Waals surface area contributed by atoms with Crippen molar-refractivity contribution in [3.8, 4) is 16.8 Å². The van der Waals surface area contributed by atoms with E-state index < -0.39 is 0 Å². The molecule has 3 heteroatoms. The maximum absolute atomic E-state index is 4.88. The normalized spacial score (nSPS) is 14.2. The Bertz CT molecular complexity index is 1980. The summed E-state index contributed by atoms with van der Waals surface area (Å²) in [5.41, 5.74) is 11.2. The molecular weight excluding hydrogens is 426 g/mol. The van der Waals surface area contributed by atoms with Crippen LogP contribution in [0.2, 0.25) is 0 Å². The Morgan fingerprint density at radius 2 is 1.40 bits per heavy atom. The van der Waals surface area contributed by atoms with Crippen LogP contribution in [-0.2, 0) is 5.41 Å². The molecule has 0 unspecified atom stereocenters. The summed E-state index contributed by atoms with van der Waals surface area (Å²) in [7, 11) is 0. The molecule has 166 valence electrons. The Labute approximate surface area is 202 Å². The number of aromatic nitrogens is 3. The molecular formula is C32H23N3. The second-order valence-corrected chi connectivity index (χ2v) is 10.1. The second kappa shape index (κ2) is 6.39. The maximum atomic E-state index is 4.88. The Morgan fingerprint density at radius 3 is 2.31 bits per heavy atom. The molecule has 0 atom stereocenters. The SMILES string of the molecule is CC1(C)c2ccccc2-c2ccc3c4ccccc4n(-c4cccn5nc6ccccc6c45)c3c21. The fraction of sp³-hybridized carbons (Fsp3) is 0.0938. The van der Waals surface area contributed by atoms with Gasteiger partial charge in [-0.05, 0) is 46.5 Å². The van der Waals surface area contributed by atoms with Gasteiger partial charge < -0.3 is 4.57 Å². The number of fused-ring (bicyclic) bond motifs is 10. The third-order valence-electron chi connectivity index (χ3n) is 7.92. The van der Waals surface area contributed by atoms with Gasteiger partial charge in [0.1, 0.15) is 0 Å². The molecule has 0 amide bonds. The summed E-state index contributed by atoms with van der Waals surface area (Å²) >= 11 is 0. The first-order valence-corrected chi connectivity index (χ1v) is 12.2. The molecule has 3 nitrogen and oxygen atoms in total. The summed E-state index contributed by atoms with van der Waals surface area (Å²) in [6.07, 6.45) is 2.05. The lowest BCUT2D eigenvalue weighted by molar-refractivity contribution is 0.664. The van der Waals surface area contributed by atoms with Crippen molar-refractivity contribution in [2.24, 2.45) is 0 Å². The van der Waals surface area contributed by atoms with Crippen LogP contribution < -0.4 is 0 Å². The number of nitrogens with zero attached hydrogens (tertiary/aromatic N) is 3. The molecule has 4 aromatic carbocycles. The smallest absolute Gasteiger partial charge is 0.0980 e. The number of hydrogen-bond donors (Lipinski definition) is 0. The van der Waals surface area contributed by atoms with Crippen molar-refractivity contribution in [2.45, 2.75) is 19.3 Å². The van der Waals surface area contributed by atoms with Crippen molar-refractivity contribution in [2.75, 3.05) is 0 Å². The van der Waals surface area contributed by atoms with E-state index >= 15 is 0 Å². The molecule has 0 saturated carbocycles. The van der Waals surface area contributed by atoms with Crippen LogP contribution >= 0.6 is 0 Å². The van der Waals surface area contributed by atoms with Crippen LogP contribution in [0.4, 0.5) is 0 Å². The predicted octanol–water partition coefficient (Wildman–Crippen LogP) is 7.89. The number of benzene rings is 4.